The standard InChI is InChI=1S/C54H96N16O14/c1-29(2)24-38(50(82)64-32(6)47(79)66-36(45(57)77)17-19-44(75)76)69-51(83)39(25-30(3)4)68-49(81)37(14-7-8-20-55)67-48(80)33(12-9-21-62-53(58)59)26-42(73)40-15-11-23-70(40)52(84)34(13-10-22-63-54(60)61)27-41(72)35(16-18-43(56)74)65-46(78)31(5)28-71/h29-40,71H,7-28,55H2,1-6H3,(H2,56,74)(H2,57,77)(H,64,82)(H,65,78)(H,66,79)(H,67,80)(H,68,81)(H,69,83)(H,75,76)(H4,58,59,62)(H4,60,61,63)/t31-,32-,33+,34+,35-,36-,37-,38-,39-,40-/m0/s1. The third-order valence-electron chi connectivity index (χ3n) is 14.0. The molecule has 84 heavy (non-hydrogen) atoms. The van der Waals surface area contributed by atoms with Crippen LogP contribution in [0.2, 0.25) is 0 Å². The molecule has 9 amide bonds. The quantitative estimate of drug-likeness (QED) is 0.0161. The van der Waals surface area contributed by atoms with Crippen LogP contribution < -0.4 is 72.0 Å². The number of aliphatic hydroxyl groups is 1. The van der Waals surface area contributed by atoms with Crippen LogP contribution in [0.3, 0.4) is 0 Å². The van der Waals surface area contributed by atoms with Crippen LogP contribution in [0.1, 0.15) is 151 Å². The van der Waals surface area contributed by atoms with Gasteiger partial charge in [0.1, 0.15) is 30.2 Å². The van der Waals surface area contributed by atoms with Crippen LogP contribution in [-0.4, -0.2) is 173 Å². The van der Waals surface area contributed by atoms with E-state index in [0.717, 1.165) is 0 Å². The molecule has 1 heterocycles. The van der Waals surface area contributed by atoms with Gasteiger partial charge >= 0.3 is 5.97 Å². The van der Waals surface area contributed by atoms with Gasteiger partial charge in [0.15, 0.2) is 23.5 Å². The molecule has 476 valence electrons. The van der Waals surface area contributed by atoms with Gasteiger partial charge in [-0.3, -0.25) is 67.5 Å². The van der Waals surface area contributed by atoms with E-state index in [4.69, 9.17) is 45.2 Å². The summed E-state index contributed by atoms with van der Waals surface area (Å²) in [6, 6.07) is -8.67. The smallest absolute Gasteiger partial charge is 0.303 e. The summed E-state index contributed by atoms with van der Waals surface area (Å²) in [5, 5.41) is 34.3. The number of nitrogens with one attached hydrogen (secondary N) is 6. The summed E-state index contributed by atoms with van der Waals surface area (Å²) in [4.78, 5) is 170. The van der Waals surface area contributed by atoms with E-state index >= 15 is 0 Å². The number of aliphatic hydroxyl groups excluding tert-OH is 1. The molecule has 1 aliphatic heterocycles. The van der Waals surface area contributed by atoms with Gasteiger partial charge in [-0.05, 0) is 109 Å². The molecule has 1 rings (SSSR count). The van der Waals surface area contributed by atoms with Crippen molar-refractivity contribution in [3.8, 4) is 0 Å². The number of aliphatic carboxylic acids is 1. The van der Waals surface area contributed by atoms with Crippen LogP contribution in [0.5, 0.6) is 0 Å². The van der Waals surface area contributed by atoms with Crippen LogP contribution in [0.25, 0.3) is 0 Å². The number of rotatable bonds is 43. The Balaban J connectivity index is 3.59. The van der Waals surface area contributed by atoms with Crippen molar-refractivity contribution in [1.29, 1.82) is 0 Å². The van der Waals surface area contributed by atoms with Crippen molar-refractivity contribution in [2.24, 2.45) is 79.7 Å². The lowest BCUT2D eigenvalue weighted by Crippen LogP contribution is -2.59. The van der Waals surface area contributed by atoms with Crippen LogP contribution >= 0.6 is 0 Å². The van der Waals surface area contributed by atoms with Crippen molar-refractivity contribution in [3.05, 3.63) is 0 Å². The lowest BCUT2D eigenvalue weighted by atomic mass is 9.89. The first-order chi connectivity index (χ1) is 39.4. The molecule has 0 bridgehead atoms. The summed E-state index contributed by atoms with van der Waals surface area (Å²) >= 11 is 0. The maximum atomic E-state index is 14.6. The first kappa shape index (κ1) is 74.5. The van der Waals surface area contributed by atoms with Gasteiger partial charge in [0.25, 0.3) is 0 Å². The summed E-state index contributed by atoms with van der Waals surface area (Å²) in [6.45, 7) is 9.94. The molecule has 30 heteroatoms. The van der Waals surface area contributed by atoms with Gasteiger partial charge in [0.2, 0.25) is 53.2 Å². The van der Waals surface area contributed by atoms with E-state index in [0.29, 0.717) is 19.3 Å². The zero-order chi connectivity index (χ0) is 63.8. The van der Waals surface area contributed by atoms with Crippen molar-refractivity contribution in [2.75, 3.05) is 32.8 Å². The predicted molar refractivity (Wildman–Crippen MR) is 311 cm³/mol. The minimum Gasteiger partial charge on any atom is -0.481 e. The van der Waals surface area contributed by atoms with Crippen LogP contribution in [-0.2, 0) is 57.5 Å². The van der Waals surface area contributed by atoms with E-state index in [-0.39, 0.29) is 121 Å². The van der Waals surface area contributed by atoms with E-state index in [1.54, 1.807) is 27.7 Å². The minimum absolute atomic E-state index is 0.0375. The Kier molecular flexibility index (Phi) is 34.7. The van der Waals surface area contributed by atoms with Crippen LogP contribution in [0.15, 0.2) is 9.98 Å². The molecular weight excluding hydrogens is 1100 g/mol. The molecule has 1 aliphatic rings. The topological polar surface area (TPSA) is 528 Å². The van der Waals surface area contributed by atoms with E-state index in [9.17, 15) is 62.6 Å². The van der Waals surface area contributed by atoms with Crippen molar-refractivity contribution in [3.63, 3.8) is 0 Å². The van der Waals surface area contributed by atoms with Gasteiger partial charge in [0, 0.05) is 57.2 Å². The zero-order valence-electron chi connectivity index (χ0n) is 49.7. The highest BCUT2D eigenvalue weighted by molar-refractivity contribution is 5.98. The van der Waals surface area contributed by atoms with Crippen LogP contribution in [0.4, 0.5) is 0 Å². The van der Waals surface area contributed by atoms with Crippen LogP contribution in [0, 0.1) is 29.6 Å². The molecule has 0 spiro atoms. The SMILES string of the molecule is CC(C)C[C@H](NC(=O)[C@H](CC(C)C)NC(=O)[C@H](CCCCN)NC(=O)[C@H](CCCN=C(N)N)CC(=O)[C@@H]1CCCN1C(=O)[C@H](CCCN=C(N)N)CC(=O)[C@H](CCC(N)=O)NC(=O)[C@@H](C)CO)C(=O)N[C@@H](C)C(=O)N[C@@H](CCC(=O)O)C(N)=O. The van der Waals surface area contributed by atoms with Gasteiger partial charge in [0.05, 0.1) is 24.6 Å². The van der Waals surface area contributed by atoms with E-state index in [1.807, 2.05) is 0 Å². The van der Waals surface area contributed by atoms with Crippen molar-refractivity contribution < 1.29 is 67.7 Å². The number of unbranched alkanes of at least 4 members (excludes halogenated alkanes) is 1. The molecule has 0 aromatic heterocycles. The summed E-state index contributed by atoms with van der Waals surface area (Å²) in [7, 11) is 0. The zero-order valence-corrected chi connectivity index (χ0v) is 49.7. The summed E-state index contributed by atoms with van der Waals surface area (Å²) in [5.41, 5.74) is 38.7. The number of amides is 9. The number of carbonyl (C=O) groups is 12. The first-order valence-electron chi connectivity index (χ1n) is 28.8. The number of hydrogen-bond acceptors (Lipinski definition) is 16. The lowest BCUT2D eigenvalue weighted by Gasteiger charge is -2.30. The fourth-order valence-electron chi connectivity index (χ4n) is 9.32. The highest BCUT2D eigenvalue weighted by Crippen LogP contribution is 2.28. The van der Waals surface area contributed by atoms with Crippen molar-refractivity contribution in [1.82, 2.24) is 36.8 Å². The largest absolute Gasteiger partial charge is 0.481 e. The molecular formula is C54H96N16O14. The molecule has 0 unspecified atom stereocenters. The Hall–Kier alpha value is -7.50. The normalized spacial score (nSPS) is 16.2. The average molecular weight is 1190 g/mol. The molecule has 1 saturated heterocycles. The second-order valence-electron chi connectivity index (χ2n) is 22.3. The molecule has 30 nitrogen and oxygen atoms in total. The van der Waals surface area contributed by atoms with E-state index < -0.39 is 157 Å². The number of Topliss-reactive ketones (excluding diaryl/α,β-unsaturated/α-hetero) is 2. The van der Waals surface area contributed by atoms with Gasteiger partial charge < -0.3 is 87.1 Å². The number of carbonyl (C=O) groups excluding carboxylic acids is 11. The fourth-order valence-corrected chi connectivity index (χ4v) is 9.32. The maximum Gasteiger partial charge on any atom is 0.303 e. The van der Waals surface area contributed by atoms with Gasteiger partial charge in [-0.2, -0.15) is 0 Å². The number of carboxylic acids is 1. The molecule has 0 saturated carbocycles. The molecule has 0 aromatic carbocycles. The number of ketones is 2. The summed E-state index contributed by atoms with van der Waals surface area (Å²) in [5.74, 6) is -13.0. The number of guanidine groups is 2. The molecule has 10 atom stereocenters. The summed E-state index contributed by atoms with van der Waals surface area (Å²) < 4.78 is 0. The highest BCUT2D eigenvalue weighted by atomic mass is 16.4. The third-order valence-corrected chi connectivity index (χ3v) is 14.0. The number of aliphatic imine (C=N–C) groups is 2. The van der Waals surface area contributed by atoms with Gasteiger partial charge in [-0.15, -0.1) is 0 Å². The number of carboxylic acid groups (broad SMARTS) is 1. The first-order valence-corrected chi connectivity index (χ1v) is 28.8. The number of hydrogen-bond donors (Lipinski definition) is 15. The number of nitrogens with zero attached hydrogens (tertiary/aromatic N) is 3. The van der Waals surface area contributed by atoms with Crippen molar-refractivity contribution >= 4 is 82.6 Å². The van der Waals surface area contributed by atoms with Crippen molar-refractivity contribution in [2.45, 2.75) is 193 Å². The van der Waals surface area contributed by atoms with Gasteiger partial charge in [-0.25, -0.2) is 0 Å². The fraction of sp³-hybridized carbons (Fsp3) is 0.741. The monoisotopic (exact) mass is 1190 g/mol. The highest BCUT2D eigenvalue weighted by Gasteiger charge is 2.40. The second-order valence-corrected chi connectivity index (χ2v) is 22.3. The Morgan fingerprint density at radius 3 is 1.55 bits per heavy atom. The Bertz CT molecular complexity index is 2290. The molecule has 0 radical (unpaired) electrons. The Morgan fingerprint density at radius 1 is 0.548 bits per heavy atom. The minimum atomic E-state index is -1.34. The Morgan fingerprint density at radius 2 is 1.05 bits per heavy atom. The van der Waals surface area contributed by atoms with E-state index in [1.165, 1.54) is 18.7 Å². The second kappa shape index (κ2) is 39.1. The molecule has 22 N–H and O–H groups in total. The molecule has 0 aliphatic carbocycles. The average Bonchev–Trinajstić information content (AvgIpc) is 4.15. The third kappa shape index (κ3) is 29.2. The Labute approximate surface area is 491 Å². The number of likely N-dealkylation sites (tertiary alicyclic amines) is 1. The number of nitrogens with two attached hydrogens (primary N) is 7. The van der Waals surface area contributed by atoms with Gasteiger partial charge in [-0.1, -0.05) is 34.6 Å². The van der Waals surface area contributed by atoms with E-state index in [2.05, 4.69) is 41.9 Å². The lowest BCUT2D eigenvalue weighted by molar-refractivity contribution is -0.143. The predicted octanol–water partition coefficient (Wildman–Crippen LogP) is -3.37. The number of primary amides is 2. The maximum absolute atomic E-state index is 14.6. The molecule has 1 fully saturated rings. The molecule has 0 aromatic rings. The summed E-state index contributed by atoms with van der Waals surface area (Å²) in [6.07, 6.45) is 0.0852.